The van der Waals surface area contributed by atoms with E-state index in [1.807, 2.05) is 18.2 Å². The number of rotatable bonds is 4. The van der Waals surface area contributed by atoms with Crippen LogP contribution in [0, 0.1) is 23.1 Å². The fourth-order valence-electron chi connectivity index (χ4n) is 4.16. The van der Waals surface area contributed by atoms with Crippen LogP contribution in [0.1, 0.15) is 29.2 Å². The molecule has 2 N–H and O–H groups in total. The number of nitriles is 1. The van der Waals surface area contributed by atoms with Crippen molar-refractivity contribution < 1.29 is 9.13 Å². The molecular weight excluding hydrogens is 329 g/mol. The zero-order chi connectivity index (χ0) is 18.1. The lowest BCUT2D eigenvalue weighted by molar-refractivity contribution is 0.0914. The molecule has 0 bridgehead atoms. The molecule has 2 aromatic carbocycles. The third-order valence-corrected chi connectivity index (χ3v) is 5.58. The summed E-state index contributed by atoms with van der Waals surface area (Å²) in [5.41, 5.74) is 8.34. The molecule has 0 aromatic heterocycles. The van der Waals surface area contributed by atoms with Gasteiger partial charge in [-0.25, -0.2) is 4.39 Å². The van der Waals surface area contributed by atoms with Crippen molar-refractivity contribution in [3.8, 4) is 11.8 Å². The molecule has 1 heterocycles. The lowest BCUT2D eigenvalue weighted by Gasteiger charge is -2.30. The number of halogens is 1. The van der Waals surface area contributed by atoms with Crippen molar-refractivity contribution in [2.75, 3.05) is 19.6 Å². The third kappa shape index (κ3) is 3.07. The van der Waals surface area contributed by atoms with Crippen molar-refractivity contribution in [3.05, 3.63) is 65.0 Å². The predicted octanol–water partition coefficient (Wildman–Crippen LogP) is 3.02. The van der Waals surface area contributed by atoms with E-state index < -0.39 is 5.82 Å². The van der Waals surface area contributed by atoms with Gasteiger partial charge < -0.3 is 10.5 Å². The van der Waals surface area contributed by atoms with Gasteiger partial charge in [0.15, 0.2) is 0 Å². The molecule has 4 nitrogen and oxygen atoms in total. The van der Waals surface area contributed by atoms with E-state index in [2.05, 4.69) is 17.0 Å². The molecule has 5 heteroatoms. The minimum Gasteiger partial charge on any atom is -0.484 e. The second-order valence-electron chi connectivity index (χ2n) is 7.15. The molecule has 1 aliphatic heterocycles. The summed E-state index contributed by atoms with van der Waals surface area (Å²) in [5.74, 6) is 0.451. The highest BCUT2D eigenvalue weighted by molar-refractivity contribution is 5.40. The first-order chi connectivity index (χ1) is 12.7. The average molecular weight is 351 g/mol. The molecule has 26 heavy (non-hydrogen) atoms. The molecule has 134 valence electrons. The Bertz CT molecular complexity index is 847. The van der Waals surface area contributed by atoms with E-state index in [0.717, 1.165) is 25.9 Å². The molecule has 1 aliphatic carbocycles. The van der Waals surface area contributed by atoms with Crippen LogP contribution in [0.5, 0.6) is 5.75 Å². The Morgan fingerprint density at radius 2 is 2.12 bits per heavy atom. The maximum atomic E-state index is 14.0. The van der Waals surface area contributed by atoms with Crippen LogP contribution in [0.15, 0.2) is 42.5 Å². The second kappa shape index (κ2) is 7.06. The van der Waals surface area contributed by atoms with Crippen LogP contribution in [0.2, 0.25) is 0 Å². The molecule has 0 saturated carbocycles. The SMILES string of the molecule is N#Cc1ccc(OC2c3ccccc3C[C@H]2N2CC[C@@H](CN)C2)cc1F. The zero-order valence-electron chi connectivity index (χ0n) is 14.6. The van der Waals surface area contributed by atoms with E-state index >= 15 is 0 Å². The highest BCUT2D eigenvalue weighted by atomic mass is 19.1. The summed E-state index contributed by atoms with van der Waals surface area (Å²) < 4.78 is 20.2. The normalized spacial score (nSPS) is 25.0. The van der Waals surface area contributed by atoms with Gasteiger partial charge in [0.25, 0.3) is 0 Å². The van der Waals surface area contributed by atoms with Gasteiger partial charge in [-0.3, -0.25) is 4.90 Å². The Hall–Kier alpha value is -2.42. The maximum absolute atomic E-state index is 14.0. The largest absolute Gasteiger partial charge is 0.484 e. The van der Waals surface area contributed by atoms with Gasteiger partial charge in [-0.1, -0.05) is 24.3 Å². The summed E-state index contributed by atoms with van der Waals surface area (Å²) in [6.07, 6.45) is 1.90. The van der Waals surface area contributed by atoms with Crippen LogP contribution in [-0.2, 0) is 6.42 Å². The number of ether oxygens (including phenoxy) is 1. The van der Waals surface area contributed by atoms with Gasteiger partial charge in [-0.15, -0.1) is 0 Å². The number of hydrogen-bond acceptors (Lipinski definition) is 4. The van der Waals surface area contributed by atoms with E-state index in [4.69, 9.17) is 15.7 Å². The number of benzene rings is 2. The number of hydrogen-bond donors (Lipinski definition) is 1. The van der Waals surface area contributed by atoms with Gasteiger partial charge in [0.1, 0.15) is 23.7 Å². The van der Waals surface area contributed by atoms with Gasteiger partial charge >= 0.3 is 0 Å². The van der Waals surface area contributed by atoms with Crippen molar-refractivity contribution in [3.63, 3.8) is 0 Å². The van der Waals surface area contributed by atoms with Crippen LogP contribution >= 0.6 is 0 Å². The van der Waals surface area contributed by atoms with Gasteiger partial charge in [-0.05, 0) is 55.1 Å². The molecule has 4 rings (SSSR count). The minimum absolute atomic E-state index is 0.0334. The minimum atomic E-state index is -0.544. The first-order valence-corrected chi connectivity index (χ1v) is 9.08. The fraction of sp³-hybridized carbons (Fsp3) is 0.381. The topological polar surface area (TPSA) is 62.3 Å². The monoisotopic (exact) mass is 351 g/mol. The Kier molecular flexibility index (Phi) is 4.62. The number of fused-ring (bicyclic) bond motifs is 1. The van der Waals surface area contributed by atoms with Crippen molar-refractivity contribution in [2.45, 2.75) is 25.0 Å². The summed E-state index contributed by atoms with van der Waals surface area (Å²) in [6.45, 7) is 2.71. The summed E-state index contributed by atoms with van der Waals surface area (Å²) in [7, 11) is 0. The smallest absolute Gasteiger partial charge is 0.144 e. The molecule has 2 aliphatic rings. The Morgan fingerprint density at radius 1 is 1.27 bits per heavy atom. The molecule has 3 atom stereocenters. The van der Waals surface area contributed by atoms with Crippen LogP contribution in [-0.4, -0.2) is 30.6 Å². The van der Waals surface area contributed by atoms with Crippen molar-refractivity contribution in [1.29, 1.82) is 5.26 Å². The quantitative estimate of drug-likeness (QED) is 0.920. The molecular formula is C21H22FN3O. The third-order valence-electron chi connectivity index (χ3n) is 5.58. The summed E-state index contributed by atoms with van der Waals surface area (Å²) in [6, 6.07) is 14.8. The van der Waals surface area contributed by atoms with Crippen LogP contribution < -0.4 is 10.5 Å². The van der Waals surface area contributed by atoms with Crippen molar-refractivity contribution in [1.82, 2.24) is 4.90 Å². The molecule has 0 amide bonds. The standard InChI is InChI=1S/C21H22FN3O/c22-19-10-17(6-5-16(19)12-24)26-21-18-4-2-1-3-15(18)9-20(21)25-8-7-14(11-23)13-25/h1-6,10,14,20-21H,7-9,11,13,23H2/t14-,20+,21?/m0/s1. The van der Waals surface area contributed by atoms with E-state index in [-0.39, 0.29) is 17.7 Å². The Balaban J connectivity index is 1.62. The highest BCUT2D eigenvalue weighted by Crippen LogP contribution is 2.39. The van der Waals surface area contributed by atoms with E-state index in [1.54, 1.807) is 6.07 Å². The number of nitrogens with zero attached hydrogens (tertiary/aromatic N) is 2. The lowest BCUT2D eigenvalue weighted by Crippen LogP contribution is -2.39. The maximum Gasteiger partial charge on any atom is 0.144 e. The van der Waals surface area contributed by atoms with Crippen LogP contribution in [0.4, 0.5) is 4.39 Å². The summed E-state index contributed by atoms with van der Waals surface area (Å²) in [4.78, 5) is 2.46. The molecule has 2 aromatic rings. The Labute approximate surface area is 153 Å². The van der Waals surface area contributed by atoms with E-state index in [1.165, 1.54) is 23.3 Å². The number of likely N-dealkylation sites (tertiary alicyclic amines) is 1. The molecule has 1 saturated heterocycles. The van der Waals surface area contributed by atoms with Gasteiger partial charge in [-0.2, -0.15) is 5.26 Å². The Morgan fingerprint density at radius 3 is 2.85 bits per heavy atom. The van der Waals surface area contributed by atoms with E-state index in [0.29, 0.717) is 18.2 Å². The lowest BCUT2D eigenvalue weighted by atomic mass is 10.1. The van der Waals surface area contributed by atoms with Crippen molar-refractivity contribution >= 4 is 0 Å². The first-order valence-electron chi connectivity index (χ1n) is 9.08. The number of nitrogens with two attached hydrogens (primary N) is 1. The van der Waals surface area contributed by atoms with Crippen LogP contribution in [0.25, 0.3) is 0 Å². The predicted molar refractivity (Wildman–Crippen MR) is 97.2 cm³/mol. The van der Waals surface area contributed by atoms with Gasteiger partial charge in [0.2, 0.25) is 0 Å². The molecule has 1 unspecified atom stereocenters. The fourth-order valence-corrected chi connectivity index (χ4v) is 4.16. The summed E-state index contributed by atoms with van der Waals surface area (Å²) >= 11 is 0. The first kappa shape index (κ1) is 17.0. The van der Waals surface area contributed by atoms with Crippen LogP contribution in [0.3, 0.4) is 0 Å². The second-order valence-corrected chi connectivity index (χ2v) is 7.15. The average Bonchev–Trinajstić information content (AvgIpc) is 3.27. The summed E-state index contributed by atoms with van der Waals surface area (Å²) in [5, 5.41) is 8.91. The van der Waals surface area contributed by atoms with Crippen molar-refractivity contribution in [2.24, 2.45) is 11.7 Å². The molecule has 1 fully saturated rings. The highest BCUT2D eigenvalue weighted by Gasteiger charge is 2.40. The van der Waals surface area contributed by atoms with Gasteiger partial charge in [0, 0.05) is 12.6 Å². The molecule has 0 radical (unpaired) electrons. The zero-order valence-corrected chi connectivity index (χ0v) is 14.6. The van der Waals surface area contributed by atoms with E-state index in [9.17, 15) is 4.39 Å². The molecule has 0 spiro atoms. The van der Waals surface area contributed by atoms with Gasteiger partial charge in [0.05, 0.1) is 11.6 Å².